The lowest BCUT2D eigenvalue weighted by Crippen LogP contribution is -2.38. The summed E-state index contributed by atoms with van der Waals surface area (Å²) in [7, 11) is -3.89. The van der Waals surface area contributed by atoms with Gasteiger partial charge in [0.1, 0.15) is 5.75 Å². The highest BCUT2D eigenvalue weighted by Crippen LogP contribution is 2.35. The van der Waals surface area contributed by atoms with Crippen LogP contribution in [-0.2, 0) is 27.8 Å². The fourth-order valence-corrected chi connectivity index (χ4v) is 4.44. The second-order valence-corrected chi connectivity index (χ2v) is 8.96. The number of ether oxygens (including phenoxy) is 1. The van der Waals surface area contributed by atoms with E-state index >= 15 is 0 Å². The number of benzene rings is 2. The van der Waals surface area contributed by atoms with Gasteiger partial charge in [-0.2, -0.15) is 4.98 Å². The number of nitrogens with zero attached hydrogens (tertiary/aromatic N) is 3. The summed E-state index contributed by atoms with van der Waals surface area (Å²) in [5.74, 6) is 0.876. The van der Waals surface area contributed by atoms with Crippen LogP contribution in [0.4, 0.5) is 11.4 Å². The number of hydrogen-bond donors (Lipinski definition) is 1. The monoisotopic (exact) mass is 442 g/mol. The molecule has 3 aromatic rings. The number of rotatable bonds is 6. The number of carbonyl (C=O) groups excluding carboxylic acids is 1. The van der Waals surface area contributed by atoms with Gasteiger partial charge in [0.25, 0.3) is 15.9 Å². The first kappa shape index (κ1) is 20.9. The van der Waals surface area contributed by atoms with Gasteiger partial charge in [0.05, 0.1) is 22.8 Å². The normalized spacial score (nSPS) is 13.6. The largest absolute Gasteiger partial charge is 0.482 e. The van der Waals surface area contributed by atoms with Crippen LogP contribution in [0.5, 0.6) is 5.75 Å². The predicted octanol–water partition coefficient (Wildman–Crippen LogP) is 2.98. The Labute approximate surface area is 180 Å². The standard InChI is InChI=1S/C21H22N4O5S/c1-4-20-22-19(23-30-20)11-25-17-10-15(6-8-18(17)29-12-21(25)26)31(27,28)24-16-7-5-13(2)9-14(16)3/h5-10,24H,4,11-12H2,1-3H3. The van der Waals surface area contributed by atoms with Crippen LogP contribution in [0.3, 0.4) is 0 Å². The summed E-state index contributed by atoms with van der Waals surface area (Å²) < 4.78 is 39.2. The molecule has 2 aromatic carbocycles. The smallest absolute Gasteiger partial charge is 0.265 e. The molecule has 31 heavy (non-hydrogen) atoms. The molecule has 0 atom stereocenters. The van der Waals surface area contributed by atoms with Crippen LogP contribution in [0.2, 0.25) is 0 Å². The second kappa shape index (κ2) is 8.03. The van der Waals surface area contributed by atoms with Crippen LogP contribution in [0.25, 0.3) is 0 Å². The molecule has 10 heteroatoms. The van der Waals surface area contributed by atoms with Gasteiger partial charge < -0.3 is 9.26 Å². The van der Waals surface area contributed by atoms with Crippen molar-refractivity contribution in [3.63, 3.8) is 0 Å². The summed E-state index contributed by atoms with van der Waals surface area (Å²) >= 11 is 0. The number of nitrogens with one attached hydrogen (secondary N) is 1. The first-order chi connectivity index (χ1) is 14.8. The molecule has 0 saturated heterocycles. The quantitative estimate of drug-likeness (QED) is 0.624. The minimum absolute atomic E-state index is 0.0110. The first-order valence-corrected chi connectivity index (χ1v) is 11.2. The van der Waals surface area contributed by atoms with Crippen LogP contribution in [0.15, 0.2) is 45.8 Å². The van der Waals surface area contributed by atoms with Crippen molar-refractivity contribution < 1.29 is 22.5 Å². The number of aromatic nitrogens is 2. The number of aryl methyl sites for hydroxylation is 3. The van der Waals surface area contributed by atoms with Gasteiger partial charge in [-0.05, 0) is 43.7 Å². The Morgan fingerprint density at radius 2 is 1.97 bits per heavy atom. The van der Waals surface area contributed by atoms with E-state index in [4.69, 9.17) is 9.26 Å². The van der Waals surface area contributed by atoms with E-state index in [-0.39, 0.29) is 24.0 Å². The van der Waals surface area contributed by atoms with Crippen LogP contribution >= 0.6 is 0 Å². The van der Waals surface area contributed by atoms with Crippen molar-refractivity contribution in [1.82, 2.24) is 10.1 Å². The SMILES string of the molecule is CCc1nc(CN2C(=O)COc3ccc(S(=O)(=O)Nc4ccc(C)cc4C)cc32)no1. The third kappa shape index (κ3) is 4.24. The molecule has 1 amide bonds. The lowest BCUT2D eigenvalue weighted by atomic mass is 10.1. The Balaban J connectivity index is 1.67. The highest BCUT2D eigenvalue weighted by atomic mass is 32.2. The molecule has 0 unspecified atom stereocenters. The minimum Gasteiger partial charge on any atom is -0.482 e. The molecular weight excluding hydrogens is 420 g/mol. The van der Waals surface area contributed by atoms with Crippen LogP contribution in [0.1, 0.15) is 29.8 Å². The van der Waals surface area contributed by atoms with Gasteiger partial charge >= 0.3 is 0 Å². The zero-order valence-electron chi connectivity index (χ0n) is 17.4. The van der Waals surface area contributed by atoms with Gasteiger partial charge in [0, 0.05) is 6.42 Å². The van der Waals surface area contributed by atoms with Gasteiger partial charge in [-0.3, -0.25) is 14.4 Å². The maximum absolute atomic E-state index is 13.0. The summed E-state index contributed by atoms with van der Waals surface area (Å²) in [6, 6.07) is 9.86. The second-order valence-electron chi connectivity index (χ2n) is 7.28. The molecule has 2 heterocycles. The number of carbonyl (C=O) groups is 1. The van der Waals surface area contributed by atoms with Gasteiger partial charge in [0.2, 0.25) is 5.89 Å². The number of amides is 1. The Morgan fingerprint density at radius 3 is 2.68 bits per heavy atom. The third-order valence-corrected chi connectivity index (χ3v) is 6.29. The lowest BCUT2D eigenvalue weighted by molar-refractivity contribution is -0.121. The Bertz CT molecular complexity index is 1250. The zero-order chi connectivity index (χ0) is 22.2. The highest BCUT2D eigenvalue weighted by Gasteiger charge is 2.29. The minimum atomic E-state index is -3.89. The molecule has 4 rings (SSSR count). The number of fused-ring (bicyclic) bond motifs is 1. The molecule has 1 aliphatic heterocycles. The van der Waals surface area contributed by atoms with Crippen LogP contribution < -0.4 is 14.4 Å². The first-order valence-electron chi connectivity index (χ1n) is 9.75. The maximum atomic E-state index is 13.0. The Hall–Kier alpha value is -3.40. The van der Waals surface area contributed by atoms with E-state index in [1.807, 2.05) is 32.9 Å². The Kier molecular flexibility index (Phi) is 5.40. The topological polar surface area (TPSA) is 115 Å². The van der Waals surface area contributed by atoms with Crippen molar-refractivity contribution in [2.45, 2.75) is 38.6 Å². The molecule has 1 aliphatic rings. The van der Waals surface area contributed by atoms with E-state index < -0.39 is 10.0 Å². The number of sulfonamides is 1. The van der Waals surface area contributed by atoms with E-state index in [0.717, 1.165) is 11.1 Å². The average molecular weight is 442 g/mol. The van der Waals surface area contributed by atoms with E-state index in [9.17, 15) is 13.2 Å². The molecule has 0 radical (unpaired) electrons. The van der Waals surface area contributed by atoms with Crippen LogP contribution in [0, 0.1) is 13.8 Å². The molecule has 0 spiro atoms. The summed E-state index contributed by atoms with van der Waals surface area (Å²) in [5, 5.41) is 3.88. The number of anilines is 2. The molecule has 0 bridgehead atoms. The lowest BCUT2D eigenvalue weighted by Gasteiger charge is -2.28. The van der Waals surface area contributed by atoms with Crippen molar-refractivity contribution in [2.24, 2.45) is 0 Å². The molecule has 9 nitrogen and oxygen atoms in total. The molecule has 0 aliphatic carbocycles. The highest BCUT2D eigenvalue weighted by molar-refractivity contribution is 7.92. The van der Waals surface area contributed by atoms with Crippen molar-refractivity contribution in [3.8, 4) is 5.75 Å². The van der Waals surface area contributed by atoms with Gasteiger partial charge in [-0.1, -0.05) is 29.8 Å². The fourth-order valence-electron chi connectivity index (χ4n) is 3.29. The Morgan fingerprint density at radius 1 is 1.16 bits per heavy atom. The van der Waals surface area contributed by atoms with E-state index in [0.29, 0.717) is 35.3 Å². The van der Waals surface area contributed by atoms with Crippen molar-refractivity contribution in [1.29, 1.82) is 0 Å². The van der Waals surface area contributed by atoms with E-state index in [1.54, 1.807) is 12.1 Å². The summed E-state index contributed by atoms with van der Waals surface area (Å²) in [5.41, 5.74) is 2.67. The van der Waals surface area contributed by atoms with Crippen molar-refractivity contribution >= 4 is 27.3 Å². The van der Waals surface area contributed by atoms with Gasteiger partial charge in [-0.25, -0.2) is 8.42 Å². The fraction of sp³-hybridized carbons (Fsp3) is 0.286. The average Bonchev–Trinajstić information content (AvgIpc) is 3.19. The van der Waals surface area contributed by atoms with Crippen molar-refractivity contribution in [3.05, 3.63) is 59.2 Å². The molecule has 1 aromatic heterocycles. The third-order valence-electron chi connectivity index (χ3n) is 4.92. The summed E-state index contributed by atoms with van der Waals surface area (Å²) in [6.07, 6.45) is 0.577. The van der Waals surface area contributed by atoms with E-state index in [2.05, 4.69) is 14.9 Å². The molecule has 1 N–H and O–H groups in total. The molecule has 162 valence electrons. The van der Waals surface area contributed by atoms with Crippen molar-refractivity contribution in [2.75, 3.05) is 16.2 Å². The maximum Gasteiger partial charge on any atom is 0.265 e. The zero-order valence-corrected chi connectivity index (χ0v) is 18.2. The van der Waals surface area contributed by atoms with Crippen LogP contribution in [-0.4, -0.2) is 31.1 Å². The van der Waals surface area contributed by atoms with E-state index in [1.165, 1.54) is 17.0 Å². The van der Waals surface area contributed by atoms with Gasteiger partial charge in [0.15, 0.2) is 12.4 Å². The molecule has 0 fully saturated rings. The summed E-state index contributed by atoms with van der Waals surface area (Å²) in [6.45, 7) is 5.55. The summed E-state index contributed by atoms with van der Waals surface area (Å²) in [4.78, 5) is 18.2. The van der Waals surface area contributed by atoms with Gasteiger partial charge in [-0.15, -0.1) is 0 Å². The number of hydrogen-bond acceptors (Lipinski definition) is 7. The predicted molar refractivity (Wildman–Crippen MR) is 114 cm³/mol. The molecule has 0 saturated carbocycles. The molecular formula is C21H22N4O5S.